The lowest BCUT2D eigenvalue weighted by molar-refractivity contribution is -0.164. The van der Waals surface area contributed by atoms with Crippen molar-refractivity contribution in [1.82, 2.24) is 0 Å². The third kappa shape index (κ3) is 13.0. The summed E-state index contributed by atoms with van der Waals surface area (Å²) in [6.07, 6.45) is 8.81. The van der Waals surface area contributed by atoms with Crippen molar-refractivity contribution in [2.45, 2.75) is 117 Å². The van der Waals surface area contributed by atoms with E-state index in [0.717, 1.165) is 25.7 Å². The third-order valence-electron chi connectivity index (χ3n) is 5.64. The van der Waals surface area contributed by atoms with E-state index in [2.05, 4.69) is 25.4 Å². The lowest BCUT2D eigenvalue weighted by Gasteiger charge is -2.32. The van der Waals surface area contributed by atoms with Crippen LogP contribution in [0.4, 0.5) is 0 Å². The van der Waals surface area contributed by atoms with Gasteiger partial charge in [-0.2, -0.15) is 0 Å². The predicted molar refractivity (Wildman–Crippen MR) is 131 cm³/mol. The van der Waals surface area contributed by atoms with Crippen LogP contribution in [0.3, 0.4) is 0 Å². The number of rotatable bonds is 2. The molecule has 0 saturated heterocycles. The van der Waals surface area contributed by atoms with Gasteiger partial charge in [-0.1, -0.05) is 26.7 Å². The van der Waals surface area contributed by atoms with Crippen LogP contribution in [0, 0.1) is 23.7 Å². The summed E-state index contributed by atoms with van der Waals surface area (Å²) in [7, 11) is 0. The Hall–Kier alpha value is -0.480. The summed E-state index contributed by atoms with van der Waals surface area (Å²) in [5.74, 6) is 0.972. The number of carbonyl (C=O) groups is 2. The quantitative estimate of drug-likeness (QED) is 0.305. The van der Waals surface area contributed by atoms with Crippen LogP contribution in [0.15, 0.2) is 0 Å². The number of halogens is 2. The molecule has 184 valence electrons. The molecule has 0 aliphatic heterocycles. The highest BCUT2D eigenvalue weighted by molar-refractivity contribution is 6.20. The molecule has 2 aliphatic rings. The molecule has 0 radical (unpaired) electrons. The fourth-order valence-corrected chi connectivity index (χ4v) is 4.51. The second-order valence-corrected chi connectivity index (χ2v) is 11.5. The maximum atomic E-state index is 11.9. The second-order valence-electron chi connectivity index (χ2n) is 10.9. The van der Waals surface area contributed by atoms with Crippen LogP contribution in [-0.4, -0.2) is 34.9 Å². The van der Waals surface area contributed by atoms with Crippen LogP contribution in [0.2, 0.25) is 0 Å². The van der Waals surface area contributed by atoms with Gasteiger partial charge in [0.2, 0.25) is 0 Å². The standard InChI is InChI=1S/C12H21ClO2.C12H22O2.CH3Cl/c1-8-7-9(13)5-6-10(8)11(14)15-12(2,3)4;1-9-7-5-6-8-10(9)11(13)14-12(2,3)4;1-2/h8-10H,5-7H2,1-4H3;9-10H,5-8H2,1-4H3;1H3. The van der Waals surface area contributed by atoms with Crippen molar-refractivity contribution < 1.29 is 19.1 Å². The average Bonchev–Trinajstić information content (AvgIpc) is 2.61. The molecule has 2 saturated carbocycles. The molecule has 2 aliphatic carbocycles. The van der Waals surface area contributed by atoms with Gasteiger partial charge in [0, 0.05) is 11.8 Å². The van der Waals surface area contributed by atoms with Crippen LogP contribution in [-0.2, 0) is 19.1 Å². The monoisotopic (exact) mass is 480 g/mol. The Labute approximate surface area is 201 Å². The molecule has 0 N–H and O–H groups in total. The average molecular weight is 482 g/mol. The Bertz CT molecular complexity index is 537. The van der Waals surface area contributed by atoms with Gasteiger partial charge in [-0.25, -0.2) is 0 Å². The number of carbonyl (C=O) groups excluding carboxylic acids is 2. The van der Waals surface area contributed by atoms with Crippen molar-refractivity contribution in [2.75, 3.05) is 6.38 Å². The number of alkyl halides is 2. The highest BCUT2D eigenvalue weighted by Crippen LogP contribution is 2.34. The van der Waals surface area contributed by atoms with Crippen molar-refractivity contribution in [3.63, 3.8) is 0 Å². The first-order valence-electron chi connectivity index (χ1n) is 11.7. The Kier molecular flexibility index (Phi) is 13.7. The maximum Gasteiger partial charge on any atom is 0.309 e. The van der Waals surface area contributed by atoms with Gasteiger partial charge in [-0.05, 0) is 85.5 Å². The highest BCUT2D eigenvalue weighted by atomic mass is 35.5. The molecular weight excluding hydrogens is 435 g/mol. The van der Waals surface area contributed by atoms with Crippen LogP contribution >= 0.6 is 23.2 Å². The van der Waals surface area contributed by atoms with E-state index >= 15 is 0 Å². The predicted octanol–water partition coefficient (Wildman–Crippen LogP) is 7.38. The molecule has 5 unspecified atom stereocenters. The first-order valence-corrected chi connectivity index (χ1v) is 12.9. The van der Waals surface area contributed by atoms with Crippen molar-refractivity contribution >= 4 is 35.1 Å². The first kappa shape index (κ1) is 30.5. The molecule has 5 atom stereocenters. The largest absolute Gasteiger partial charge is 0.460 e. The van der Waals surface area contributed by atoms with Crippen molar-refractivity contribution in [1.29, 1.82) is 0 Å². The minimum Gasteiger partial charge on any atom is -0.460 e. The summed E-state index contributed by atoms with van der Waals surface area (Å²) in [6, 6.07) is 0. The van der Waals surface area contributed by atoms with Gasteiger partial charge in [-0.15, -0.1) is 23.2 Å². The van der Waals surface area contributed by atoms with Gasteiger partial charge < -0.3 is 9.47 Å². The normalized spacial score (nSPS) is 28.8. The molecule has 0 bridgehead atoms. The minimum absolute atomic E-state index is 0.00435. The van der Waals surface area contributed by atoms with E-state index in [4.69, 9.17) is 21.1 Å². The molecular formula is C25H46Cl2O4. The molecule has 0 spiro atoms. The van der Waals surface area contributed by atoms with E-state index in [1.54, 1.807) is 0 Å². The Morgan fingerprint density at radius 3 is 1.52 bits per heavy atom. The van der Waals surface area contributed by atoms with E-state index in [9.17, 15) is 9.59 Å². The molecule has 0 aromatic heterocycles. The zero-order valence-corrected chi connectivity index (χ0v) is 22.7. The Balaban J connectivity index is 0.000000539. The molecule has 6 heteroatoms. The smallest absolute Gasteiger partial charge is 0.309 e. The summed E-state index contributed by atoms with van der Waals surface area (Å²) in [5.41, 5.74) is -0.719. The summed E-state index contributed by atoms with van der Waals surface area (Å²) in [4.78, 5) is 23.7. The second kappa shape index (κ2) is 13.9. The van der Waals surface area contributed by atoms with Crippen molar-refractivity contribution in [3.05, 3.63) is 0 Å². The van der Waals surface area contributed by atoms with E-state index in [1.165, 1.54) is 25.6 Å². The zero-order chi connectivity index (χ0) is 24.4. The molecule has 0 aromatic rings. The molecule has 2 rings (SSSR count). The lowest BCUT2D eigenvalue weighted by Crippen LogP contribution is -2.35. The van der Waals surface area contributed by atoms with Crippen molar-refractivity contribution in [2.24, 2.45) is 23.7 Å². The minimum atomic E-state index is -0.380. The summed E-state index contributed by atoms with van der Waals surface area (Å²) in [6.45, 7) is 15.8. The van der Waals surface area contributed by atoms with Crippen LogP contribution < -0.4 is 0 Å². The van der Waals surface area contributed by atoms with E-state index < -0.39 is 0 Å². The van der Waals surface area contributed by atoms with Crippen LogP contribution in [0.1, 0.15) is 100 Å². The summed E-state index contributed by atoms with van der Waals surface area (Å²) < 4.78 is 10.8. The fourth-order valence-electron chi connectivity index (χ4n) is 4.10. The SMILES string of the molecule is CC1CC(Cl)CCC1C(=O)OC(C)(C)C.CC1CCCCC1C(=O)OC(C)(C)C.CCl. The number of ether oxygens (including phenoxy) is 2. The van der Waals surface area contributed by atoms with Crippen molar-refractivity contribution in [3.8, 4) is 0 Å². The molecule has 31 heavy (non-hydrogen) atoms. The Morgan fingerprint density at radius 2 is 1.13 bits per heavy atom. The van der Waals surface area contributed by atoms with Gasteiger partial charge >= 0.3 is 11.9 Å². The first-order chi connectivity index (χ1) is 14.2. The number of esters is 2. The highest BCUT2D eigenvalue weighted by Gasteiger charge is 2.34. The van der Waals surface area contributed by atoms with Crippen LogP contribution in [0.5, 0.6) is 0 Å². The topological polar surface area (TPSA) is 52.6 Å². The molecule has 0 amide bonds. The van der Waals surface area contributed by atoms with E-state index in [-0.39, 0.29) is 40.4 Å². The molecule has 2 fully saturated rings. The van der Waals surface area contributed by atoms with Gasteiger partial charge in [0.15, 0.2) is 0 Å². The third-order valence-corrected chi connectivity index (χ3v) is 6.03. The molecule has 0 heterocycles. The van der Waals surface area contributed by atoms with E-state index in [0.29, 0.717) is 11.8 Å². The van der Waals surface area contributed by atoms with Crippen LogP contribution in [0.25, 0.3) is 0 Å². The van der Waals surface area contributed by atoms with Gasteiger partial charge in [0.1, 0.15) is 11.2 Å². The van der Waals surface area contributed by atoms with Gasteiger partial charge in [0.25, 0.3) is 0 Å². The maximum absolute atomic E-state index is 11.9. The Morgan fingerprint density at radius 1 is 0.710 bits per heavy atom. The zero-order valence-electron chi connectivity index (χ0n) is 21.2. The number of hydrogen-bond acceptors (Lipinski definition) is 4. The summed E-state index contributed by atoms with van der Waals surface area (Å²) in [5, 5.41) is 0.235. The van der Waals surface area contributed by atoms with Gasteiger partial charge in [-0.3, -0.25) is 9.59 Å². The number of hydrogen-bond donors (Lipinski definition) is 0. The lowest BCUT2D eigenvalue weighted by atomic mass is 9.80. The summed E-state index contributed by atoms with van der Waals surface area (Å²) >= 11 is 10.7. The molecule has 4 nitrogen and oxygen atoms in total. The van der Waals surface area contributed by atoms with E-state index in [1.807, 2.05) is 41.5 Å². The fraction of sp³-hybridized carbons (Fsp3) is 0.920. The molecule has 0 aromatic carbocycles. The van der Waals surface area contributed by atoms with Gasteiger partial charge in [0.05, 0.1) is 11.8 Å².